The van der Waals surface area contributed by atoms with Gasteiger partial charge in [0.2, 0.25) is 5.78 Å². The summed E-state index contributed by atoms with van der Waals surface area (Å²) in [5.41, 5.74) is 12.3. The number of aromatic nitrogens is 5. The molecule has 5 nitrogen and oxygen atoms in total. The molecule has 0 aliphatic carbocycles. The van der Waals surface area contributed by atoms with Gasteiger partial charge in [-0.25, -0.2) is 4.98 Å². The maximum absolute atomic E-state index is 5.46. The number of hydrogen-bond acceptors (Lipinski definition) is 1. The summed E-state index contributed by atoms with van der Waals surface area (Å²) in [6.45, 7) is 0. The molecule has 0 saturated carbocycles. The number of imidazole rings is 2. The van der Waals surface area contributed by atoms with E-state index >= 15 is 0 Å². The van der Waals surface area contributed by atoms with Crippen molar-refractivity contribution < 1.29 is 0 Å². The molecule has 14 rings (SSSR count). The third kappa shape index (κ3) is 4.08. The van der Waals surface area contributed by atoms with E-state index in [2.05, 4.69) is 218 Å². The van der Waals surface area contributed by atoms with Gasteiger partial charge in [-0.15, -0.1) is 0 Å². The zero-order chi connectivity index (χ0) is 39.1. The lowest BCUT2D eigenvalue weighted by Gasteiger charge is -2.14. The Balaban J connectivity index is 1.21. The fourth-order valence-corrected chi connectivity index (χ4v) is 10.5. The Labute approximate surface area is 342 Å². The molecule has 278 valence electrons. The molecule has 60 heavy (non-hydrogen) atoms. The molecule has 9 aromatic carbocycles. The number of nitrogens with zero attached hydrogens (tertiary/aromatic N) is 5. The average molecular weight is 764 g/mol. The van der Waals surface area contributed by atoms with Crippen LogP contribution in [0.5, 0.6) is 0 Å². The van der Waals surface area contributed by atoms with Crippen molar-refractivity contribution in [3.8, 4) is 11.4 Å². The lowest BCUT2D eigenvalue weighted by molar-refractivity contribution is 1.15. The van der Waals surface area contributed by atoms with E-state index in [9.17, 15) is 0 Å². The first-order chi connectivity index (χ1) is 29.8. The van der Waals surface area contributed by atoms with Gasteiger partial charge in [0.15, 0.2) is 0 Å². The number of hydrogen-bond donors (Lipinski definition) is 0. The van der Waals surface area contributed by atoms with Crippen LogP contribution in [0.25, 0.3) is 121 Å². The third-order valence-electron chi connectivity index (χ3n) is 12.9. The Kier molecular flexibility index (Phi) is 6.23. The Morgan fingerprint density at radius 3 is 1.38 bits per heavy atom. The van der Waals surface area contributed by atoms with Gasteiger partial charge in [-0.3, -0.25) is 8.80 Å². The van der Waals surface area contributed by atoms with E-state index in [1.807, 2.05) is 0 Å². The van der Waals surface area contributed by atoms with E-state index in [4.69, 9.17) is 4.98 Å². The summed E-state index contributed by atoms with van der Waals surface area (Å²) < 4.78 is 9.72. The molecule has 0 radical (unpaired) electrons. The SMILES string of the molecule is c1ccc2c(c1)nc1n2c2cccc3c4ccccc4c4ccccc4c4cccc(-n5c6ccccc6c6cc(-n7c8ccccc8c8ccccc87)ccc65)c4n1c32. The van der Waals surface area contributed by atoms with E-state index in [0.29, 0.717) is 0 Å². The second-order valence-corrected chi connectivity index (χ2v) is 15.9. The fraction of sp³-hybridized carbons (Fsp3) is 0. The molecule has 0 spiro atoms. The predicted molar refractivity (Wildman–Crippen MR) is 251 cm³/mol. The fourth-order valence-electron chi connectivity index (χ4n) is 10.5. The van der Waals surface area contributed by atoms with Crippen LogP contribution < -0.4 is 0 Å². The Hall–Kier alpha value is -8.15. The number of rotatable bonds is 2. The monoisotopic (exact) mass is 763 g/mol. The summed E-state index contributed by atoms with van der Waals surface area (Å²) in [6, 6.07) is 73.2. The van der Waals surface area contributed by atoms with E-state index in [-0.39, 0.29) is 0 Å². The normalized spacial score (nSPS) is 12.3. The van der Waals surface area contributed by atoms with Crippen LogP contribution in [0.1, 0.15) is 0 Å². The van der Waals surface area contributed by atoms with E-state index < -0.39 is 0 Å². The molecular weight excluding hydrogens is 731 g/mol. The van der Waals surface area contributed by atoms with Crippen LogP contribution >= 0.6 is 0 Å². The van der Waals surface area contributed by atoms with Crippen LogP contribution in [0, 0.1) is 0 Å². The summed E-state index contributed by atoms with van der Waals surface area (Å²) >= 11 is 0. The van der Waals surface area contributed by atoms with Crippen LogP contribution in [0.3, 0.4) is 0 Å². The van der Waals surface area contributed by atoms with Crippen molar-refractivity contribution in [1.82, 2.24) is 22.9 Å². The van der Waals surface area contributed by atoms with Crippen molar-refractivity contribution in [3.05, 3.63) is 200 Å². The van der Waals surface area contributed by atoms with Crippen molar-refractivity contribution in [2.24, 2.45) is 0 Å². The quantitative estimate of drug-likeness (QED) is 0.173. The highest BCUT2D eigenvalue weighted by Gasteiger charge is 2.23. The molecule has 5 heterocycles. The molecule has 0 aliphatic heterocycles. The minimum absolute atomic E-state index is 0.888. The Bertz CT molecular complexity index is 4140. The topological polar surface area (TPSA) is 31.6 Å². The average Bonchev–Trinajstić information content (AvgIpc) is 4.05. The second-order valence-electron chi connectivity index (χ2n) is 15.9. The zero-order valence-corrected chi connectivity index (χ0v) is 32.3. The maximum atomic E-state index is 5.46. The molecule has 0 bridgehead atoms. The largest absolute Gasteiger partial charge is 0.309 e. The van der Waals surface area contributed by atoms with Crippen LogP contribution in [-0.2, 0) is 0 Å². The standard InChI is InChI=1S/C55H33N5/c1-3-17-37-35(15-1)36-16-2-4-18-38(36)43-23-14-30-52-54(43)60(55-56-45-24-8-12-28-50(45)59(52)55)53-42(37)22-13-29-51(53)58-48-27-11-7-21-41(48)44-33-34(31-32-49(44)58)57-46-25-9-5-19-39(46)40-20-6-10-26-47(40)57/h1-33H. The highest BCUT2D eigenvalue weighted by atomic mass is 15.2. The van der Waals surface area contributed by atoms with E-state index in [0.717, 1.165) is 61.2 Å². The molecule has 0 saturated heterocycles. The molecular formula is C55H33N5. The van der Waals surface area contributed by atoms with Crippen molar-refractivity contribution >= 4 is 109 Å². The zero-order valence-electron chi connectivity index (χ0n) is 32.3. The predicted octanol–water partition coefficient (Wildman–Crippen LogP) is 14.1. The number of benzene rings is 9. The first-order valence-corrected chi connectivity index (χ1v) is 20.6. The molecule has 0 fully saturated rings. The van der Waals surface area contributed by atoms with Crippen molar-refractivity contribution in [1.29, 1.82) is 0 Å². The van der Waals surface area contributed by atoms with Gasteiger partial charge in [0.25, 0.3) is 0 Å². The first-order valence-electron chi connectivity index (χ1n) is 20.6. The molecule has 0 N–H and O–H groups in total. The van der Waals surface area contributed by atoms with Gasteiger partial charge in [0.1, 0.15) is 0 Å². The van der Waals surface area contributed by atoms with Crippen molar-refractivity contribution in [2.45, 2.75) is 0 Å². The molecule has 0 aliphatic rings. The molecule has 0 atom stereocenters. The highest BCUT2D eigenvalue weighted by Crippen LogP contribution is 2.42. The lowest BCUT2D eigenvalue weighted by Crippen LogP contribution is -2.00. The van der Waals surface area contributed by atoms with Gasteiger partial charge in [-0.2, -0.15) is 0 Å². The summed E-state index contributed by atoms with van der Waals surface area (Å²) in [4.78, 5) is 5.46. The van der Waals surface area contributed by atoms with Gasteiger partial charge in [0, 0.05) is 38.0 Å². The molecule has 0 unspecified atom stereocenters. The van der Waals surface area contributed by atoms with Gasteiger partial charge in [-0.1, -0.05) is 140 Å². The third-order valence-corrected chi connectivity index (χ3v) is 12.9. The van der Waals surface area contributed by atoms with Crippen LogP contribution in [0.4, 0.5) is 0 Å². The number of para-hydroxylation sites is 7. The van der Waals surface area contributed by atoms with Crippen LogP contribution in [0.15, 0.2) is 200 Å². The summed E-state index contributed by atoms with van der Waals surface area (Å²) in [6.07, 6.45) is 0. The van der Waals surface area contributed by atoms with Crippen molar-refractivity contribution in [2.75, 3.05) is 0 Å². The first kappa shape index (κ1) is 31.9. The minimum Gasteiger partial charge on any atom is -0.309 e. The summed E-state index contributed by atoms with van der Waals surface area (Å²) in [7, 11) is 0. The molecule has 5 aromatic heterocycles. The van der Waals surface area contributed by atoms with Crippen LogP contribution in [-0.4, -0.2) is 22.9 Å². The molecule has 14 aromatic rings. The summed E-state index contributed by atoms with van der Waals surface area (Å²) in [5, 5.41) is 12.0. The van der Waals surface area contributed by atoms with Crippen molar-refractivity contribution in [3.63, 3.8) is 0 Å². The lowest BCUT2D eigenvalue weighted by atomic mass is 10.0. The Morgan fingerprint density at radius 1 is 0.283 bits per heavy atom. The molecule has 0 amide bonds. The van der Waals surface area contributed by atoms with Gasteiger partial charge in [0.05, 0.1) is 55.3 Å². The molecule has 5 heteroatoms. The van der Waals surface area contributed by atoms with E-state index in [1.54, 1.807) is 0 Å². The smallest absolute Gasteiger partial charge is 0.220 e. The summed E-state index contributed by atoms with van der Waals surface area (Å²) in [5.74, 6) is 0.888. The van der Waals surface area contributed by atoms with Crippen LogP contribution in [0.2, 0.25) is 0 Å². The van der Waals surface area contributed by atoms with E-state index in [1.165, 1.54) is 59.5 Å². The minimum atomic E-state index is 0.888. The van der Waals surface area contributed by atoms with Gasteiger partial charge < -0.3 is 9.13 Å². The Morgan fingerprint density at radius 2 is 0.733 bits per heavy atom. The maximum Gasteiger partial charge on any atom is 0.220 e. The highest BCUT2D eigenvalue weighted by molar-refractivity contribution is 6.23. The number of fused-ring (bicyclic) bond motifs is 18. The second kappa shape index (κ2) is 11.7. The van der Waals surface area contributed by atoms with Gasteiger partial charge >= 0.3 is 0 Å². The van der Waals surface area contributed by atoms with Gasteiger partial charge in [-0.05, 0) is 82.2 Å².